The number of morpholine rings is 1. The third kappa shape index (κ3) is 4.28. The minimum Gasteiger partial charge on any atom is -0.374 e. The van der Waals surface area contributed by atoms with Crippen molar-refractivity contribution in [3.63, 3.8) is 0 Å². The predicted octanol–water partition coefficient (Wildman–Crippen LogP) is 2.03. The fourth-order valence-corrected chi connectivity index (χ4v) is 3.60. The molecule has 1 aliphatic rings. The van der Waals surface area contributed by atoms with Crippen LogP contribution >= 0.6 is 23.4 Å². The van der Waals surface area contributed by atoms with E-state index in [1.54, 1.807) is 10.9 Å². The summed E-state index contributed by atoms with van der Waals surface area (Å²) in [6.07, 6.45) is 2.31. The van der Waals surface area contributed by atoms with Crippen LogP contribution in [0.2, 0.25) is 5.02 Å². The summed E-state index contributed by atoms with van der Waals surface area (Å²) in [5, 5.41) is 9.27. The molecule has 0 saturated carbocycles. The normalized spacial score (nSPS) is 17.9. The number of hydrogen-bond donors (Lipinski definition) is 0. The minimum absolute atomic E-state index is 0.0255. The predicted molar refractivity (Wildman–Crippen MR) is 93.2 cm³/mol. The number of aromatic nitrogens is 3. The minimum atomic E-state index is -0.0255. The molecule has 1 aromatic carbocycles. The van der Waals surface area contributed by atoms with Crippen molar-refractivity contribution in [1.82, 2.24) is 19.7 Å². The van der Waals surface area contributed by atoms with Crippen LogP contribution in [0.25, 0.3) is 0 Å². The molecule has 0 radical (unpaired) electrons. The average molecular weight is 367 g/mol. The monoisotopic (exact) mass is 366 g/mol. The van der Waals surface area contributed by atoms with Crippen LogP contribution in [0.3, 0.4) is 0 Å². The highest BCUT2D eigenvalue weighted by Gasteiger charge is 2.25. The van der Waals surface area contributed by atoms with Crippen LogP contribution < -0.4 is 0 Å². The van der Waals surface area contributed by atoms with Crippen molar-refractivity contribution in [1.29, 1.82) is 0 Å². The van der Waals surface area contributed by atoms with Crippen LogP contribution in [0.1, 0.15) is 5.56 Å². The Bertz CT molecular complexity index is 709. The summed E-state index contributed by atoms with van der Waals surface area (Å²) in [6.45, 7) is 1.76. The van der Waals surface area contributed by atoms with E-state index in [-0.39, 0.29) is 12.0 Å². The van der Waals surface area contributed by atoms with Crippen molar-refractivity contribution in [2.24, 2.45) is 7.05 Å². The summed E-state index contributed by atoms with van der Waals surface area (Å²) >= 11 is 7.61. The first kappa shape index (κ1) is 17.3. The van der Waals surface area contributed by atoms with Gasteiger partial charge in [-0.1, -0.05) is 41.6 Å². The fraction of sp³-hybridized carbons (Fsp3) is 0.438. The molecule has 1 amide bonds. The Hall–Kier alpha value is -1.57. The van der Waals surface area contributed by atoms with E-state index in [2.05, 4.69) is 10.2 Å². The van der Waals surface area contributed by atoms with Gasteiger partial charge >= 0.3 is 0 Å². The Morgan fingerprint density at radius 1 is 1.46 bits per heavy atom. The smallest absolute Gasteiger partial charge is 0.233 e. The van der Waals surface area contributed by atoms with Gasteiger partial charge in [0.2, 0.25) is 5.91 Å². The van der Waals surface area contributed by atoms with Crippen molar-refractivity contribution >= 4 is 29.3 Å². The SMILES string of the molecule is Cn1cnnc1SCC(=O)N1CCO[C@H](Cc2ccccc2Cl)C1. The summed E-state index contributed by atoms with van der Waals surface area (Å²) < 4.78 is 7.60. The quantitative estimate of drug-likeness (QED) is 0.758. The molecule has 0 unspecified atom stereocenters. The molecule has 2 heterocycles. The molecule has 0 bridgehead atoms. The fourth-order valence-electron chi connectivity index (χ4n) is 2.60. The number of amides is 1. The van der Waals surface area contributed by atoms with Crippen LogP contribution in [0.15, 0.2) is 35.7 Å². The number of aryl methyl sites for hydroxylation is 1. The van der Waals surface area contributed by atoms with Crippen LogP contribution in [-0.4, -0.2) is 57.1 Å². The highest BCUT2D eigenvalue weighted by Crippen LogP contribution is 2.20. The molecule has 1 atom stereocenters. The first-order valence-corrected chi connectivity index (χ1v) is 9.09. The molecule has 3 rings (SSSR count). The van der Waals surface area contributed by atoms with Gasteiger partial charge in [0.15, 0.2) is 5.16 Å². The van der Waals surface area contributed by atoms with Crippen molar-refractivity contribution in [3.8, 4) is 0 Å². The van der Waals surface area contributed by atoms with Gasteiger partial charge in [-0.15, -0.1) is 10.2 Å². The molecule has 6 nitrogen and oxygen atoms in total. The standard InChI is InChI=1S/C16H19ClN4O2S/c1-20-11-18-19-16(20)24-10-15(22)21-6-7-23-13(9-21)8-12-4-2-3-5-14(12)17/h2-5,11,13H,6-10H2,1H3/t13-/m1/s1. The van der Waals surface area contributed by atoms with Gasteiger partial charge < -0.3 is 14.2 Å². The molecular formula is C16H19ClN4O2S. The Kier molecular flexibility index (Phi) is 5.76. The van der Waals surface area contributed by atoms with Crippen LogP contribution in [0, 0.1) is 0 Å². The zero-order valence-electron chi connectivity index (χ0n) is 13.4. The molecule has 128 valence electrons. The zero-order chi connectivity index (χ0) is 16.9. The maximum absolute atomic E-state index is 12.4. The Balaban J connectivity index is 1.54. The largest absolute Gasteiger partial charge is 0.374 e. The topological polar surface area (TPSA) is 60.2 Å². The Morgan fingerprint density at radius 2 is 2.29 bits per heavy atom. The molecule has 8 heteroatoms. The highest BCUT2D eigenvalue weighted by molar-refractivity contribution is 7.99. The number of nitrogens with zero attached hydrogens (tertiary/aromatic N) is 4. The van der Waals surface area contributed by atoms with E-state index in [9.17, 15) is 4.79 Å². The Labute approximate surface area is 150 Å². The molecule has 2 aromatic rings. The van der Waals surface area contributed by atoms with E-state index in [0.29, 0.717) is 31.9 Å². The van der Waals surface area contributed by atoms with E-state index in [4.69, 9.17) is 16.3 Å². The lowest BCUT2D eigenvalue weighted by atomic mass is 10.1. The average Bonchev–Trinajstić information content (AvgIpc) is 3.00. The van der Waals surface area contributed by atoms with Crippen molar-refractivity contribution in [2.75, 3.05) is 25.4 Å². The molecule has 1 aliphatic heterocycles. The van der Waals surface area contributed by atoms with E-state index in [1.165, 1.54) is 11.8 Å². The van der Waals surface area contributed by atoms with Crippen LogP contribution in [-0.2, 0) is 23.0 Å². The van der Waals surface area contributed by atoms with Gasteiger partial charge in [0, 0.05) is 31.6 Å². The summed E-state index contributed by atoms with van der Waals surface area (Å²) in [7, 11) is 1.86. The lowest BCUT2D eigenvalue weighted by Gasteiger charge is -2.33. The zero-order valence-corrected chi connectivity index (χ0v) is 15.0. The van der Waals surface area contributed by atoms with E-state index < -0.39 is 0 Å². The summed E-state index contributed by atoms with van der Waals surface area (Å²) in [6, 6.07) is 7.74. The second kappa shape index (κ2) is 8.00. The first-order chi connectivity index (χ1) is 11.6. The van der Waals surface area contributed by atoms with Gasteiger partial charge in [0.25, 0.3) is 0 Å². The molecule has 0 spiro atoms. The third-order valence-corrected chi connectivity index (χ3v) is 5.28. The van der Waals surface area contributed by atoms with Gasteiger partial charge in [-0.25, -0.2) is 0 Å². The first-order valence-electron chi connectivity index (χ1n) is 7.73. The number of thioether (sulfide) groups is 1. The van der Waals surface area contributed by atoms with Gasteiger partial charge in [-0.3, -0.25) is 4.79 Å². The number of halogens is 1. The number of carbonyl (C=O) groups excluding carboxylic acids is 1. The second-order valence-electron chi connectivity index (χ2n) is 5.64. The van der Waals surface area contributed by atoms with Crippen molar-refractivity contribution in [2.45, 2.75) is 17.7 Å². The van der Waals surface area contributed by atoms with Gasteiger partial charge in [-0.05, 0) is 11.6 Å². The lowest BCUT2D eigenvalue weighted by Crippen LogP contribution is -2.47. The molecule has 1 saturated heterocycles. The van der Waals surface area contributed by atoms with E-state index >= 15 is 0 Å². The van der Waals surface area contributed by atoms with E-state index in [0.717, 1.165) is 15.7 Å². The van der Waals surface area contributed by atoms with Crippen LogP contribution in [0.5, 0.6) is 0 Å². The summed E-state index contributed by atoms with van der Waals surface area (Å²) in [5.74, 6) is 0.446. The number of benzene rings is 1. The van der Waals surface area contributed by atoms with Gasteiger partial charge in [0.1, 0.15) is 6.33 Å². The summed E-state index contributed by atoms with van der Waals surface area (Å²) in [4.78, 5) is 14.3. The molecule has 1 aromatic heterocycles. The molecular weight excluding hydrogens is 348 g/mol. The van der Waals surface area contributed by atoms with E-state index in [1.807, 2.05) is 36.2 Å². The number of carbonyl (C=O) groups is 1. The molecule has 0 aliphatic carbocycles. The maximum atomic E-state index is 12.4. The number of ether oxygens (including phenoxy) is 1. The second-order valence-corrected chi connectivity index (χ2v) is 6.99. The van der Waals surface area contributed by atoms with Crippen molar-refractivity contribution < 1.29 is 9.53 Å². The number of hydrogen-bond acceptors (Lipinski definition) is 5. The highest BCUT2D eigenvalue weighted by atomic mass is 35.5. The van der Waals surface area contributed by atoms with Crippen molar-refractivity contribution in [3.05, 3.63) is 41.2 Å². The summed E-state index contributed by atoms with van der Waals surface area (Å²) in [5.41, 5.74) is 1.05. The van der Waals surface area contributed by atoms with Gasteiger partial charge in [-0.2, -0.15) is 0 Å². The molecule has 1 fully saturated rings. The third-order valence-electron chi connectivity index (χ3n) is 3.89. The van der Waals surface area contributed by atoms with Gasteiger partial charge in [0.05, 0.1) is 18.5 Å². The molecule has 24 heavy (non-hydrogen) atoms. The van der Waals surface area contributed by atoms with Crippen LogP contribution in [0.4, 0.5) is 0 Å². The lowest BCUT2D eigenvalue weighted by molar-refractivity contribution is -0.135. The Morgan fingerprint density at radius 3 is 3.04 bits per heavy atom. The number of rotatable bonds is 5. The maximum Gasteiger partial charge on any atom is 0.233 e. The molecule has 0 N–H and O–H groups in total.